The van der Waals surface area contributed by atoms with E-state index in [9.17, 15) is 10.1 Å². The molecule has 0 bridgehead atoms. The lowest BCUT2D eigenvalue weighted by Gasteiger charge is -1.93. The molecule has 3 rings (SSSR count). The van der Waals surface area contributed by atoms with Crippen LogP contribution >= 0.6 is 0 Å². The number of nitro groups is 1. The number of nitrogens with zero attached hydrogens (tertiary/aromatic N) is 7. The van der Waals surface area contributed by atoms with Crippen LogP contribution in [-0.2, 0) is 20.0 Å². The summed E-state index contributed by atoms with van der Waals surface area (Å²) in [6.45, 7) is 2.28. The molecule has 0 spiro atoms. The van der Waals surface area contributed by atoms with Gasteiger partial charge in [-0.1, -0.05) is 0 Å². The van der Waals surface area contributed by atoms with E-state index >= 15 is 0 Å². The zero-order chi connectivity index (χ0) is 15.7. The van der Waals surface area contributed by atoms with E-state index < -0.39 is 4.92 Å². The van der Waals surface area contributed by atoms with Crippen molar-refractivity contribution in [2.24, 2.45) is 7.05 Å². The molecule has 0 radical (unpaired) electrons. The van der Waals surface area contributed by atoms with E-state index in [2.05, 4.69) is 20.4 Å². The molecule has 0 N–H and O–H groups in total. The largest absolute Gasteiger partial charge is 0.421 e. The summed E-state index contributed by atoms with van der Waals surface area (Å²) >= 11 is 0. The highest BCUT2D eigenvalue weighted by molar-refractivity contribution is 5.54. The Kier molecular flexibility index (Phi) is 3.41. The summed E-state index contributed by atoms with van der Waals surface area (Å²) in [5.41, 5.74) is 1.59. The first-order valence-electron chi connectivity index (χ1n) is 6.54. The third-order valence-corrected chi connectivity index (χ3v) is 3.08. The van der Waals surface area contributed by atoms with E-state index in [-0.39, 0.29) is 5.82 Å². The molecule has 0 atom stereocenters. The smallest absolute Gasteiger partial charge is 0.389 e. The molecule has 3 aromatic heterocycles. The van der Waals surface area contributed by atoms with Gasteiger partial charge >= 0.3 is 5.82 Å². The van der Waals surface area contributed by atoms with Crippen LogP contribution in [0.4, 0.5) is 5.82 Å². The lowest BCUT2D eigenvalue weighted by molar-refractivity contribution is -0.389. The second-order valence-electron chi connectivity index (χ2n) is 4.75. The van der Waals surface area contributed by atoms with Crippen LogP contribution in [0.5, 0.6) is 0 Å². The standard InChI is InChI=1S/C12H13N7O3/c1-8-9(7-17(2)15-8)12-14-13-11(22-12)4-6-18-5-3-10(16-18)19(20)21/h3,5,7H,4,6H2,1-2H3. The molecule has 3 heterocycles. The molecule has 0 aliphatic carbocycles. The highest BCUT2D eigenvalue weighted by atomic mass is 16.6. The minimum absolute atomic E-state index is 0.183. The van der Waals surface area contributed by atoms with E-state index in [1.807, 2.05) is 20.2 Å². The van der Waals surface area contributed by atoms with Gasteiger partial charge in [-0.2, -0.15) is 9.78 Å². The molecule has 0 aliphatic heterocycles. The summed E-state index contributed by atoms with van der Waals surface area (Å²) in [6, 6.07) is 1.35. The van der Waals surface area contributed by atoms with Crippen LogP contribution in [0.25, 0.3) is 11.5 Å². The number of hydrogen-bond donors (Lipinski definition) is 0. The van der Waals surface area contributed by atoms with Crippen LogP contribution < -0.4 is 0 Å². The molecule has 22 heavy (non-hydrogen) atoms. The van der Waals surface area contributed by atoms with Crippen LogP contribution in [0.1, 0.15) is 11.6 Å². The van der Waals surface area contributed by atoms with Crippen molar-refractivity contribution >= 4 is 5.82 Å². The molecule has 3 aromatic rings. The van der Waals surface area contributed by atoms with Gasteiger partial charge in [-0.15, -0.1) is 10.2 Å². The Morgan fingerprint density at radius 1 is 1.36 bits per heavy atom. The van der Waals surface area contributed by atoms with Crippen LogP contribution in [0.3, 0.4) is 0 Å². The maximum Gasteiger partial charge on any atom is 0.389 e. The molecule has 0 saturated heterocycles. The molecule has 0 saturated carbocycles. The van der Waals surface area contributed by atoms with Gasteiger partial charge in [0.25, 0.3) is 5.89 Å². The normalized spacial score (nSPS) is 11.0. The minimum atomic E-state index is -0.535. The van der Waals surface area contributed by atoms with Gasteiger partial charge in [0.15, 0.2) is 0 Å². The fraction of sp³-hybridized carbons (Fsp3) is 0.333. The van der Waals surface area contributed by atoms with Gasteiger partial charge in [0, 0.05) is 19.7 Å². The molecular weight excluding hydrogens is 290 g/mol. The monoisotopic (exact) mass is 303 g/mol. The van der Waals surface area contributed by atoms with Crippen molar-refractivity contribution in [3.8, 4) is 11.5 Å². The fourth-order valence-electron chi connectivity index (χ4n) is 2.06. The number of hydrogen-bond acceptors (Lipinski definition) is 7. The molecular formula is C12H13N7O3. The highest BCUT2D eigenvalue weighted by Crippen LogP contribution is 2.20. The Balaban J connectivity index is 1.69. The molecule has 10 heteroatoms. The summed E-state index contributed by atoms with van der Waals surface area (Å²) in [6.07, 6.45) is 3.79. The van der Waals surface area contributed by atoms with Gasteiger partial charge in [0.1, 0.15) is 0 Å². The van der Waals surface area contributed by atoms with E-state index in [1.165, 1.54) is 10.7 Å². The van der Waals surface area contributed by atoms with Crippen molar-refractivity contribution in [1.82, 2.24) is 29.8 Å². The summed E-state index contributed by atoms with van der Waals surface area (Å²) in [5.74, 6) is 0.667. The predicted molar refractivity (Wildman–Crippen MR) is 73.8 cm³/mol. The number of aromatic nitrogens is 6. The van der Waals surface area contributed by atoms with Crippen LogP contribution in [0.15, 0.2) is 22.9 Å². The third-order valence-electron chi connectivity index (χ3n) is 3.08. The number of aryl methyl sites for hydroxylation is 4. The van der Waals surface area contributed by atoms with Gasteiger partial charge in [0.2, 0.25) is 5.89 Å². The zero-order valence-electron chi connectivity index (χ0n) is 12.0. The highest BCUT2D eigenvalue weighted by Gasteiger charge is 2.15. The average Bonchev–Trinajstić information content (AvgIpc) is 3.16. The number of rotatable bonds is 5. The van der Waals surface area contributed by atoms with Crippen LogP contribution in [-0.4, -0.2) is 34.7 Å². The van der Waals surface area contributed by atoms with Gasteiger partial charge in [0.05, 0.1) is 35.2 Å². The quantitative estimate of drug-likeness (QED) is 0.512. The van der Waals surface area contributed by atoms with Crippen molar-refractivity contribution in [2.75, 3.05) is 0 Å². The molecule has 0 fully saturated rings. The predicted octanol–water partition coefficient (Wildman–Crippen LogP) is 1.13. The zero-order valence-corrected chi connectivity index (χ0v) is 12.0. The fourth-order valence-corrected chi connectivity index (χ4v) is 2.06. The third kappa shape index (κ3) is 2.71. The van der Waals surface area contributed by atoms with Gasteiger partial charge in [-0.25, -0.2) is 0 Å². The van der Waals surface area contributed by atoms with Crippen LogP contribution in [0.2, 0.25) is 0 Å². The Labute approximate surface area is 124 Å². The Morgan fingerprint density at radius 2 is 2.18 bits per heavy atom. The molecule has 0 unspecified atom stereocenters. The maximum atomic E-state index is 10.6. The molecule has 0 aliphatic rings. The lowest BCUT2D eigenvalue weighted by Crippen LogP contribution is -2.03. The molecule has 0 amide bonds. The van der Waals surface area contributed by atoms with E-state index in [0.29, 0.717) is 24.7 Å². The van der Waals surface area contributed by atoms with Gasteiger partial charge in [-0.3, -0.25) is 4.68 Å². The second kappa shape index (κ2) is 5.39. The first kappa shape index (κ1) is 13.9. The average molecular weight is 303 g/mol. The first-order chi connectivity index (χ1) is 10.5. The Hall–Kier alpha value is -3.04. The Morgan fingerprint density at radius 3 is 2.82 bits per heavy atom. The van der Waals surface area contributed by atoms with E-state index in [1.54, 1.807) is 10.9 Å². The Bertz CT molecular complexity index is 816. The van der Waals surface area contributed by atoms with Crippen molar-refractivity contribution in [3.05, 3.63) is 40.2 Å². The lowest BCUT2D eigenvalue weighted by atomic mass is 10.3. The first-order valence-corrected chi connectivity index (χ1v) is 6.54. The van der Waals surface area contributed by atoms with Crippen molar-refractivity contribution in [3.63, 3.8) is 0 Å². The van der Waals surface area contributed by atoms with E-state index in [0.717, 1.165) is 11.3 Å². The van der Waals surface area contributed by atoms with Crippen molar-refractivity contribution in [1.29, 1.82) is 0 Å². The molecule has 10 nitrogen and oxygen atoms in total. The summed E-state index contributed by atoms with van der Waals surface area (Å²) < 4.78 is 8.74. The minimum Gasteiger partial charge on any atom is -0.421 e. The van der Waals surface area contributed by atoms with Crippen LogP contribution in [0, 0.1) is 17.0 Å². The summed E-state index contributed by atoms with van der Waals surface area (Å²) in [4.78, 5) is 10.0. The summed E-state index contributed by atoms with van der Waals surface area (Å²) in [5, 5.41) is 26.6. The summed E-state index contributed by atoms with van der Waals surface area (Å²) in [7, 11) is 1.82. The van der Waals surface area contributed by atoms with Crippen molar-refractivity contribution in [2.45, 2.75) is 19.9 Å². The molecule has 114 valence electrons. The van der Waals surface area contributed by atoms with Crippen molar-refractivity contribution < 1.29 is 9.34 Å². The maximum absolute atomic E-state index is 10.6. The molecule has 0 aromatic carbocycles. The van der Waals surface area contributed by atoms with Gasteiger partial charge in [-0.05, 0) is 11.8 Å². The second-order valence-corrected chi connectivity index (χ2v) is 4.75. The van der Waals surface area contributed by atoms with Gasteiger partial charge < -0.3 is 14.5 Å². The van der Waals surface area contributed by atoms with E-state index in [4.69, 9.17) is 4.42 Å². The topological polar surface area (TPSA) is 118 Å². The SMILES string of the molecule is Cc1nn(C)cc1-c1nnc(CCn2ccc([N+](=O)[O-])n2)o1.